The number of amides is 1. The maximum atomic E-state index is 13.7. The quantitative estimate of drug-likeness (QED) is 0.746. The minimum absolute atomic E-state index is 0.0219. The van der Waals surface area contributed by atoms with E-state index in [1.807, 2.05) is 0 Å². The lowest BCUT2D eigenvalue weighted by Crippen LogP contribution is -2.25. The number of carbonyl (C=O) groups is 1. The monoisotopic (exact) mass is 358 g/mol. The van der Waals surface area contributed by atoms with Crippen LogP contribution in [0, 0.1) is 5.82 Å². The van der Waals surface area contributed by atoms with Gasteiger partial charge in [0.1, 0.15) is 11.9 Å². The van der Waals surface area contributed by atoms with E-state index < -0.39 is 11.9 Å². The van der Waals surface area contributed by atoms with Gasteiger partial charge in [0, 0.05) is 12.1 Å². The third-order valence-corrected chi connectivity index (χ3v) is 4.51. The number of nitrogens with one attached hydrogen (secondary N) is 1. The summed E-state index contributed by atoms with van der Waals surface area (Å²) in [5, 5.41) is 20.7. The number of hydrogen-bond acceptors (Lipinski definition) is 4. The third kappa shape index (κ3) is 4.76. The van der Waals surface area contributed by atoms with Gasteiger partial charge in [-0.15, -0.1) is 5.10 Å². The zero-order chi connectivity index (χ0) is 18.4. The van der Waals surface area contributed by atoms with E-state index in [0.717, 1.165) is 19.3 Å². The van der Waals surface area contributed by atoms with Gasteiger partial charge in [-0.05, 0) is 38.2 Å². The van der Waals surface area contributed by atoms with Crippen LogP contribution in [0.4, 0.5) is 4.39 Å². The Morgan fingerprint density at radius 3 is 2.96 bits per heavy atom. The van der Waals surface area contributed by atoms with Gasteiger partial charge in [-0.3, -0.25) is 4.79 Å². The van der Waals surface area contributed by atoms with E-state index in [9.17, 15) is 14.3 Å². The molecule has 1 aromatic carbocycles. The molecule has 1 aliphatic rings. The van der Waals surface area contributed by atoms with Gasteiger partial charge in [-0.1, -0.05) is 35.1 Å². The highest BCUT2D eigenvalue weighted by atomic mass is 19.1. The Kier molecular flexibility index (Phi) is 6.12. The lowest BCUT2D eigenvalue weighted by molar-refractivity contribution is 0.0948. The molecule has 1 aromatic heterocycles. The summed E-state index contributed by atoms with van der Waals surface area (Å²) in [7, 11) is 0. The van der Waals surface area contributed by atoms with Crippen LogP contribution in [0.25, 0.3) is 0 Å². The smallest absolute Gasteiger partial charge is 0.273 e. The van der Waals surface area contributed by atoms with Crippen LogP contribution < -0.4 is 5.32 Å². The van der Waals surface area contributed by atoms with Crippen LogP contribution in [0.5, 0.6) is 0 Å². The number of carbonyl (C=O) groups excluding carboxylic acids is 1. The van der Waals surface area contributed by atoms with Crippen molar-refractivity contribution in [1.82, 2.24) is 20.3 Å². The Morgan fingerprint density at radius 2 is 2.19 bits per heavy atom. The van der Waals surface area contributed by atoms with Crippen molar-refractivity contribution in [2.24, 2.45) is 0 Å². The first-order valence-electron chi connectivity index (χ1n) is 8.92. The van der Waals surface area contributed by atoms with Crippen molar-refractivity contribution in [3.05, 3.63) is 59.2 Å². The number of aliphatic hydroxyl groups is 1. The summed E-state index contributed by atoms with van der Waals surface area (Å²) in [6, 6.07) is 6.03. The first-order valence-corrected chi connectivity index (χ1v) is 8.92. The van der Waals surface area contributed by atoms with E-state index in [4.69, 9.17) is 0 Å². The number of allylic oxidation sites excluding steroid dienone is 1. The zero-order valence-electron chi connectivity index (χ0n) is 14.6. The van der Waals surface area contributed by atoms with Gasteiger partial charge in [0.2, 0.25) is 0 Å². The zero-order valence-corrected chi connectivity index (χ0v) is 14.6. The summed E-state index contributed by atoms with van der Waals surface area (Å²) >= 11 is 0. The van der Waals surface area contributed by atoms with Gasteiger partial charge in [-0.2, -0.15) is 0 Å². The Hall–Kier alpha value is -2.54. The summed E-state index contributed by atoms with van der Waals surface area (Å²) in [6.45, 7) is 0.587. The number of nitrogens with zero attached hydrogens (tertiary/aromatic N) is 3. The highest BCUT2D eigenvalue weighted by Gasteiger charge is 2.16. The van der Waals surface area contributed by atoms with Crippen LogP contribution in [0.1, 0.15) is 54.3 Å². The summed E-state index contributed by atoms with van der Waals surface area (Å²) in [5.74, 6) is -0.775. The molecule has 0 saturated heterocycles. The lowest BCUT2D eigenvalue weighted by Gasteiger charge is -2.12. The molecular formula is C19H23FN4O2. The van der Waals surface area contributed by atoms with E-state index in [1.54, 1.807) is 12.1 Å². The fourth-order valence-electron chi connectivity index (χ4n) is 3.07. The van der Waals surface area contributed by atoms with Crippen molar-refractivity contribution in [3.63, 3.8) is 0 Å². The van der Waals surface area contributed by atoms with Crippen molar-refractivity contribution in [2.75, 3.05) is 6.54 Å². The van der Waals surface area contributed by atoms with Gasteiger partial charge in [0.05, 0.1) is 12.7 Å². The van der Waals surface area contributed by atoms with Gasteiger partial charge in [-0.25, -0.2) is 9.07 Å². The topological polar surface area (TPSA) is 80.0 Å². The first kappa shape index (κ1) is 18.3. The highest BCUT2D eigenvalue weighted by Crippen LogP contribution is 2.20. The van der Waals surface area contributed by atoms with E-state index in [-0.39, 0.29) is 23.7 Å². The maximum absolute atomic E-state index is 13.7. The molecule has 138 valence electrons. The van der Waals surface area contributed by atoms with Crippen LogP contribution in [-0.4, -0.2) is 32.6 Å². The van der Waals surface area contributed by atoms with E-state index in [1.165, 1.54) is 41.4 Å². The molecule has 1 aliphatic carbocycles. The normalized spacial score (nSPS) is 15.4. The molecule has 1 heterocycles. The number of rotatable bonds is 7. The molecule has 0 aliphatic heterocycles. The number of benzene rings is 1. The van der Waals surface area contributed by atoms with E-state index >= 15 is 0 Å². The second-order valence-corrected chi connectivity index (χ2v) is 6.48. The molecule has 7 heteroatoms. The van der Waals surface area contributed by atoms with Crippen molar-refractivity contribution >= 4 is 5.91 Å². The molecule has 26 heavy (non-hydrogen) atoms. The van der Waals surface area contributed by atoms with Gasteiger partial charge in [0.25, 0.3) is 5.91 Å². The van der Waals surface area contributed by atoms with Gasteiger partial charge in [0.15, 0.2) is 5.69 Å². The van der Waals surface area contributed by atoms with Gasteiger partial charge < -0.3 is 10.4 Å². The minimum atomic E-state index is -1.06. The molecule has 0 radical (unpaired) electrons. The number of aromatic nitrogens is 3. The van der Waals surface area contributed by atoms with Crippen LogP contribution >= 0.6 is 0 Å². The standard InChI is InChI=1S/C19H23FN4O2/c20-16-9-5-4-8-15(16)18(25)13-24-12-17(22-23-24)19(26)21-11-10-14-6-2-1-3-7-14/h4-6,8-9,12,18,25H,1-3,7,10-11,13H2,(H,21,26)/t18-/m0/s1. The Balaban J connectivity index is 1.51. The maximum Gasteiger partial charge on any atom is 0.273 e. The van der Waals surface area contributed by atoms with E-state index in [2.05, 4.69) is 21.7 Å². The predicted molar refractivity (Wildman–Crippen MR) is 94.9 cm³/mol. The second kappa shape index (κ2) is 8.71. The predicted octanol–water partition coefficient (Wildman–Crippen LogP) is 2.77. The molecule has 2 N–H and O–H groups in total. The fraction of sp³-hybridized carbons (Fsp3) is 0.421. The van der Waals surface area contributed by atoms with Crippen LogP contribution in [0.15, 0.2) is 42.1 Å². The molecule has 0 fully saturated rings. The minimum Gasteiger partial charge on any atom is -0.386 e. The van der Waals surface area contributed by atoms with Crippen molar-refractivity contribution in [2.45, 2.75) is 44.8 Å². The Morgan fingerprint density at radius 1 is 1.35 bits per heavy atom. The molecule has 6 nitrogen and oxygen atoms in total. The van der Waals surface area contributed by atoms with E-state index in [0.29, 0.717) is 6.54 Å². The van der Waals surface area contributed by atoms with Crippen LogP contribution in [0.3, 0.4) is 0 Å². The van der Waals surface area contributed by atoms with Crippen molar-refractivity contribution in [3.8, 4) is 0 Å². The second-order valence-electron chi connectivity index (χ2n) is 6.48. The summed E-state index contributed by atoms with van der Waals surface area (Å²) in [6.07, 6.45) is 8.21. The fourth-order valence-corrected chi connectivity index (χ4v) is 3.07. The third-order valence-electron chi connectivity index (χ3n) is 4.51. The molecule has 0 unspecified atom stereocenters. The first-order chi connectivity index (χ1) is 12.6. The molecule has 1 amide bonds. The van der Waals surface area contributed by atoms with Crippen LogP contribution in [0.2, 0.25) is 0 Å². The molecule has 3 rings (SSSR count). The average molecular weight is 358 g/mol. The number of aliphatic hydroxyl groups excluding tert-OH is 1. The largest absolute Gasteiger partial charge is 0.386 e. The Bertz CT molecular complexity index is 787. The average Bonchev–Trinajstić information content (AvgIpc) is 3.11. The molecule has 0 bridgehead atoms. The molecule has 1 atom stereocenters. The Labute approximate surface area is 151 Å². The summed E-state index contributed by atoms with van der Waals surface area (Å²) < 4.78 is 15.0. The SMILES string of the molecule is O=C(NCCC1=CCCCC1)c1cn(C[C@H](O)c2ccccc2F)nn1. The highest BCUT2D eigenvalue weighted by molar-refractivity contribution is 5.91. The summed E-state index contributed by atoms with van der Waals surface area (Å²) in [4.78, 5) is 12.1. The molecule has 0 saturated carbocycles. The lowest BCUT2D eigenvalue weighted by atomic mass is 9.97. The van der Waals surface area contributed by atoms with Crippen molar-refractivity contribution < 1.29 is 14.3 Å². The molecule has 0 spiro atoms. The summed E-state index contributed by atoms with van der Waals surface area (Å²) in [5.41, 5.74) is 1.77. The number of hydrogen-bond donors (Lipinski definition) is 2. The molecule has 2 aromatic rings. The number of halogens is 1. The van der Waals surface area contributed by atoms with Gasteiger partial charge >= 0.3 is 0 Å². The van der Waals surface area contributed by atoms with Crippen molar-refractivity contribution in [1.29, 1.82) is 0 Å². The molecular weight excluding hydrogens is 335 g/mol. The van der Waals surface area contributed by atoms with Crippen LogP contribution in [-0.2, 0) is 6.54 Å².